The molecule has 1 heterocycles. The first-order valence-corrected chi connectivity index (χ1v) is 6.80. The van der Waals surface area contributed by atoms with Crippen LogP contribution in [0.15, 0.2) is 54.7 Å². The van der Waals surface area contributed by atoms with E-state index < -0.39 is 0 Å². The average Bonchev–Trinajstić information content (AvgIpc) is 2.94. The van der Waals surface area contributed by atoms with Gasteiger partial charge in [-0.3, -0.25) is 4.79 Å². The number of hydrogen-bond donors (Lipinski definition) is 2. The van der Waals surface area contributed by atoms with Crippen molar-refractivity contribution in [3.8, 4) is 0 Å². The SMILES string of the molecule is CN(C)c1ccccc1NC(=O)c1ccc2[nH]ccc2c1. The zero-order valence-corrected chi connectivity index (χ0v) is 12.1. The molecule has 0 aliphatic rings. The number of carbonyl (C=O) groups excluding carboxylic acids is 1. The van der Waals surface area contributed by atoms with E-state index in [1.54, 1.807) is 0 Å². The quantitative estimate of drug-likeness (QED) is 0.771. The summed E-state index contributed by atoms with van der Waals surface area (Å²) in [5, 5.41) is 4.01. The molecule has 2 N–H and O–H groups in total. The Balaban J connectivity index is 1.89. The average molecular weight is 279 g/mol. The van der Waals surface area contributed by atoms with E-state index in [2.05, 4.69) is 10.3 Å². The van der Waals surface area contributed by atoms with E-state index >= 15 is 0 Å². The molecule has 0 radical (unpaired) electrons. The first kappa shape index (κ1) is 13.2. The molecule has 2 aromatic carbocycles. The Morgan fingerprint density at radius 1 is 1.10 bits per heavy atom. The Labute approximate surface area is 123 Å². The molecule has 4 heteroatoms. The summed E-state index contributed by atoms with van der Waals surface area (Å²) in [5.41, 5.74) is 3.46. The number of carbonyl (C=O) groups is 1. The number of rotatable bonds is 3. The van der Waals surface area contributed by atoms with Gasteiger partial charge in [-0.15, -0.1) is 0 Å². The third-order valence-electron chi connectivity index (χ3n) is 3.45. The Morgan fingerprint density at radius 3 is 2.71 bits per heavy atom. The fraction of sp³-hybridized carbons (Fsp3) is 0.118. The third kappa shape index (κ3) is 2.60. The number of benzene rings is 2. The third-order valence-corrected chi connectivity index (χ3v) is 3.45. The number of hydrogen-bond acceptors (Lipinski definition) is 2. The molecular formula is C17H17N3O. The minimum absolute atomic E-state index is 0.104. The molecule has 106 valence electrons. The second kappa shape index (κ2) is 5.32. The topological polar surface area (TPSA) is 48.1 Å². The molecule has 3 aromatic rings. The predicted molar refractivity (Wildman–Crippen MR) is 87.0 cm³/mol. The molecule has 21 heavy (non-hydrogen) atoms. The van der Waals surface area contributed by atoms with Crippen molar-refractivity contribution < 1.29 is 4.79 Å². The predicted octanol–water partition coefficient (Wildman–Crippen LogP) is 3.49. The summed E-state index contributed by atoms with van der Waals surface area (Å²) in [6, 6.07) is 15.3. The molecule has 0 fully saturated rings. The standard InChI is InChI=1S/C17H17N3O/c1-20(2)16-6-4-3-5-15(16)19-17(21)13-7-8-14-12(11-13)9-10-18-14/h3-11,18H,1-2H3,(H,19,21). The van der Waals surface area contributed by atoms with Gasteiger partial charge in [-0.1, -0.05) is 12.1 Å². The second-order valence-corrected chi connectivity index (χ2v) is 5.15. The van der Waals surface area contributed by atoms with E-state index in [-0.39, 0.29) is 5.91 Å². The number of anilines is 2. The van der Waals surface area contributed by atoms with Crippen LogP contribution in [0.4, 0.5) is 11.4 Å². The van der Waals surface area contributed by atoms with Gasteiger partial charge in [0, 0.05) is 36.8 Å². The van der Waals surface area contributed by atoms with Gasteiger partial charge in [-0.05, 0) is 36.4 Å². The van der Waals surface area contributed by atoms with Gasteiger partial charge in [0.1, 0.15) is 0 Å². The minimum Gasteiger partial charge on any atom is -0.376 e. The largest absolute Gasteiger partial charge is 0.376 e. The van der Waals surface area contributed by atoms with Crippen LogP contribution in [0.1, 0.15) is 10.4 Å². The van der Waals surface area contributed by atoms with Crippen LogP contribution in [0.2, 0.25) is 0 Å². The number of para-hydroxylation sites is 2. The molecule has 0 atom stereocenters. The lowest BCUT2D eigenvalue weighted by atomic mass is 10.1. The van der Waals surface area contributed by atoms with Crippen molar-refractivity contribution in [2.75, 3.05) is 24.3 Å². The summed E-state index contributed by atoms with van der Waals surface area (Å²) in [6.07, 6.45) is 1.87. The summed E-state index contributed by atoms with van der Waals surface area (Å²) in [6.45, 7) is 0. The number of fused-ring (bicyclic) bond motifs is 1. The van der Waals surface area contributed by atoms with Gasteiger partial charge in [-0.2, -0.15) is 0 Å². The molecule has 1 aromatic heterocycles. The molecule has 0 unspecified atom stereocenters. The van der Waals surface area contributed by atoms with Crippen LogP contribution in [0, 0.1) is 0 Å². The van der Waals surface area contributed by atoms with Crippen LogP contribution < -0.4 is 10.2 Å². The molecule has 1 amide bonds. The van der Waals surface area contributed by atoms with E-state index in [1.807, 2.05) is 73.7 Å². The first-order chi connectivity index (χ1) is 10.1. The van der Waals surface area contributed by atoms with Crippen molar-refractivity contribution in [1.82, 2.24) is 4.98 Å². The highest BCUT2D eigenvalue weighted by molar-refractivity contribution is 6.07. The summed E-state index contributed by atoms with van der Waals surface area (Å²) >= 11 is 0. The number of nitrogens with one attached hydrogen (secondary N) is 2. The Morgan fingerprint density at radius 2 is 1.90 bits per heavy atom. The molecule has 0 aliphatic heterocycles. The van der Waals surface area contributed by atoms with E-state index in [0.717, 1.165) is 22.3 Å². The monoisotopic (exact) mass is 279 g/mol. The lowest BCUT2D eigenvalue weighted by Gasteiger charge is -2.17. The van der Waals surface area contributed by atoms with Gasteiger partial charge >= 0.3 is 0 Å². The van der Waals surface area contributed by atoms with Gasteiger partial charge in [0.25, 0.3) is 5.91 Å². The smallest absolute Gasteiger partial charge is 0.255 e. The van der Waals surface area contributed by atoms with Gasteiger partial charge < -0.3 is 15.2 Å². The summed E-state index contributed by atoms with van der Waals surface area (Å²) in [4.78, 5) is 17.5. The molecule has 3 rings (SSSR count). The molecule has 0 saturated heterocycles. The number of aromatic amines is 1. The lowest BCUT2D eigenvalue weighted by molar-refractivity contribution is 0.102. The van der Waals surface area contributed by atoms with Crippen molar-refractivity contribution >= 4 is 28.2 Å². The summed E-state index contributed by atoms with van der Waals surface area (Å²) < 4.78 is 0. The highest BCUT2D eigenvalue weighted by atomic mass is 16.1. The molecular weight excluding hydrogens is 262 g/mol. The first-order valence-electron chi connectivity index (χ1n) is 6.80. The lowest BCUT2D eigenvalue weighted by Crippen LogP contribution is -2.16. The van der Waals surface area contributed by atoms with Crippen LogP contribution in [0.25, 0.3) is 10.9 Å². The summed E-state index contributed by atoms with van der Waals surface area (Å²) in [5.74, 6) is -0.104. The van der Waals surface area contributed by atoms with Crippen LogP contribution in [-0.4, -0.2) is 25.0 Å². The van der Waals surface area contributed by atoms with Crippen LogP contribution in [0.3, 0.4) is 0 Å². The fourth-order valence-corrected chi connectivity index (χ4v) is 2.36. The molecule has 0 saturated carbocycles. The minimum atomic E-state index is -0.104. The normalized spacial score (nSPS) is 10.6. The maximum absolute atomic E-state index is 12.4. The van der Waals surface area contributed by atoms with E-state index in [0.29, 0.717) is 5.56 Å². The maximum Gasteiger partial charge on any atom is 0.255 e. The zero-order valence-electron chi connectivity index (χ0n) is 12.1. The van der Waals surface area contributed by atoms with Gasteiger partial charge in [-0.25, -0.2) is 0 Å². The summed E-state index contributed by atoms with van der Waals surface area (Å²) in [7, 11) is 3.91. The van der Waals surface area contributed by atoms with E-state index in [1.165, 1.54) is 0 Å². The number of amides is 1. The second-order valence-electron chi connectivity index (χ2n) is 5.15. The van der Waals surface area contributed by atoms with Gasteiger partial charge in [0.15, 0.2) is 0 Å². The highest BCUT2D eigenvalue weighted by Crippen LogP contribution is 2.24. The van der Waals surface area contributed by atoms with Crippen LogP contribution in [-0.2, 0) is 0 Å². The Kier molecular flexibility index (Phi) is 3.36. The molecule has 4 nitrogen and oxygen atoms in total. The van der Waals surface area contributed by atoms with Gasteiger partial charge in [0.05, 0.1) is 11.4 Å². The van der Waals surface area contributed by atoms with Crippen molar-refractivity contribution in [2.24, 2.45) is 0 Å². The Hall–Kier alpha value is -2.75. The van der Waals surface area contributed by atoms with Gasteiger partial charge in [0.2, 0.25) is 0 Å². The zero-order chi connectivity index (χ0) is 14.8. The van der Waals surface area contributed by atoms with Crippen molar-refractivity contribution in [3.63, 3.8) is 0 Å². The van der Waals surface area contributed by atoms with E-state index in [9.17, 15) is 4.79 Å². The Bertz CT molecular complexity index is 789. The fourth-order valence-electron chi connectivity index (χ4n) is 2.36. The van der Waals surface area contributed by atoms with Crippen LogP contribution in [0.5, 0.6) is 0 Å². The molecule has 0 bridgehead atoms. The number of H-pyrrole nitrogens is 1. The van der Waals surface area contributed by atoms with Crippen molar-refractivity contribution in [1.29, 1.82) is 0 Å². The highest BCUT2D eigenvalue weighted by Gasteiger charge is 2.10. The van der Waals surface area contributed by atoms with Crippen LogP contribution >= 0.6 is 0 Å². The number of aromatic nitrogens is 1. The van der Waals surface area contributed by atoms with Crippen molar-refractivity contribution in [2.45, 2.75) is 0 Å². The van der Waals surface area contributed by atoms with E-state index in [4.69, 9.17) is 0 Å². The van der Waals surface area contributed by atoms with Crippen molar-refractivity contribution in [3.05, 3.63) is 60.3 Å². The maximum atomic E-state index is 12.4. The number of nitrogens with zero attached hydrogens (tertiary/aromatic N) is 1. The molecule has 0 spiro atoms. The molecule has 0 aliphatic carbocycles.